The van der Waals surface area contributed by atoms with Gasteiger partial charge in [-0.15, -0.1) is 0 Å². The molecule has 0 amide bonds. The Balaban J connectivity index is 1.59. The number of aliphatic imine (C=N–C) groups is 1. The third kappa shape index (κ3) is 5.67. The number of hydrogen-bond donors (Lipinski definition) is 3. The summed E-state index contributed by atoms with van der Waals surface area (Å²) in [7, 11) is 0. The molecule has 0 radical (unpaired) electrons. The average molecular weight is 410 g/mol. The van der Waals surface area contributed by atoms with Gasteiger partial charge < -0.3 is 20.3 Å². The molecule has 0 saturated heterocycles. The van der Waals surface area contributed by atoms with Gasteiger partial charge in [0.2, 0.25) is 0 Å². The van der Waals surface area contributed by atoms with Gasteiger partial charge in [-0.2, -0.15) is 0 Å². The van der Waals surface area contributed by atoms with Crippen molar-refractivity contribution < 1.29 is 9.50 Å². The van der Waals surface area contributed by atoms with E-state index in [1.54, 1.807) is 23.0 Å². The predicted molar refractivity (Wildman–Crippen MR) is 117 cm³/mol. The number of nitrogens with zero attached hydrogens (tertiary/aromatic N) is 3. The van der Waals surface area contributed by atoms with E-state index in [2.05, 4.69) is 20.6 Å². The van der Waals surface area contributed by atoms with Crippen LogP contribution in [0, 0.1) is 12.7 Å². The van der Waals surface area contributed by atoms with Gasteiger partial charge in [-0.25, -0.2) is 14.4 Å². The van der Waals surface area contributed by atoms with Crippen molar-refractivity contribution in [2.45, 2.75) is 32.9 Å². The average Bonchev–Trinajstić information content (AvgIpc) is 3.18. The molecule has 0 bridgehead atoms. The van der Waals surface area contributed by atoms with Crippen molar-refractivity contribution in [2.24, 2.45) is 4.99 Å². The molecule has 7 heteroatoms. The normalized spacial score (nSPS) is 12.6. The van der Waals surface area contributed by atoms with Crippen LogP contribution in [0.3, 0.4) is 0 Å². The van der Waals surface area contributed by atoms with Gasteiger partial charge >= 0.3 is 0 Å². The van der Waals surface area contributed by atoms with Crippen molar-refractivity contribution in [3.05, 3.63) is 83.7 Å². The van der Waals surface area contributed by atoms with Crippen LogP contribution in [0.25, 0.3) is 5.69 Å². The molecule has 158 valence electrons. The molecule has 3 N–H and O–H groups in total. The summed E-state index contributed by atoms with van der Waals surface area (Å²) in [4.78, 5) is 8.67. The van der Waals surface area contributed by atoms with E-state index in [9.17, 15) is 9.50 Å². The van der Waals surface area contributed by atoms with Gasteiger partial charge in [0.15, 0.2) is 5.96 Å². The maximum Gasteiger partial charge on any atom is 0.191 e. The monoisotopic (exact) mass is 409 g/mol. The molecule has 0 spiro atoms. The van der Waals surface area contributed by atoms with E-state index >= 15 is 0 Å². The van der Waals surface area contributed by atoms with Crippen molar-refractivity contribution in [3.8, 4) is 5.69 Å². The number of aliphatic hydroxyl groups is 1. The van der Waals surface area contributed by atoms with Crippen LogP contribution in [0.15, 0.2) is 65.9 Å². The summed E-state index contributed by atoms with van der Waals surface area (Å²) in [5, 5.41) is 16.7. The third-order valence-electron chi connectivity index (χ3n) is 4.76. The number of aromatic nitrogens is 2. The third-order valence-corrected chi connectivity index (χ3v) is 4.76. The molecule has 6 nitrogen and oxygen atoms in total. The van der Waals surface area contributed by atoms with E-state index in [1.165, 1.54) is 6.07 Å². The van der Waals surface area contributed by atoms with Gasteiger partial charge in [-0.05, 0) is 43.5 Å². The minimum absolute atomic E-state index is 0.312. The van der Waals surface area contributed by atoms with Crippen molar-refractivity contribution in [1.82, 2.24) is 20.2 Å². The lowest BCUT2D eigenvalue weighted by Crippen LogP contribution is -2.38. The van der Waals surface area contributed by atoms with Crippen LogP contribution in [0.4, 0.5) is 4.39 Å². The summed E-state index contributed by atoms with van der Waals surface area (Å²) in [6, 6.07) is 14.7. The molecule has 1 heterocycles. The van der Waals surface area contributed by atoms with Crippen LogP contribution < -0.4 is 10.6 Å². The Morgan fingerprint density at radius 1 is 1.20 bits per heavy atom. The molecule has 1 aromatic heterocycles. The molecule has 2 aromatic carbocycles. The zero-order chi connectivity index (χ0) is 21.3. The Bertz CT molecular complexity index is 971. The van der Waals surface area contributed by atoms with E-state index < -0.39 is 6.10 Å². The first-order valence-electron chi connectivity index (χ1n) is 10.1. The van der Waals surface area contributed by atoms with Crippen LogP contribution in [-0.2, 0) is 6.54 Å². The topological polar surface area (TPSA) is 74.5 Å². The minimum atomic E-state index is -0.533. The molecule has 3 aromatic rings. The second-order valence-electron chi connectivity index (χ2n) is 6.97. The predicted octanol–water partition coefficient (Wildman–Crippen LogP) is 3.50. The Hall–Kier alpha value is -3.19. The number of rotatable bonds is 8. The van der Waals surface area contributed by atoms with Crippen molar-refractivity contribution >= 4 is 5.96 Å². The van der Waals surface area contributed by atoms with Crippen molar-refractivity contribution in [3.63, 3.8) is 0 Å². The molecular weight excluding hydrogens is 381 g/mol. The lowest BCUT2D eigenvalue weighted by molar-refractivity contribution is 0.168. The van der Waals surface area contributed by atoms with E-state index in [1.807, 2.05) is 50.2 Å². The van der Waals surface area contributed by atoms with E-state index in [-0.39, 0.29) is 5.82 Å². The zero-order valence-electron chi connectivity index (χ0n) is 17.3. The van der Waals surface area contributed by atoms with Crippen molar-refractivity contribution in [2.75, 3.05) is 13.1 Å². The Morgan fingerprint density at radius 3 is 2.67 bits per heavy atom. The highest BCUT2D eigenvalue weighted by atomic mass is 19.1. The number of benzene rings is 2. The Kier molecular flexibility index (Phi) is 7.57. The quantitative estimate of drug-likeness (QED) is 0.393. The first kappa shape index (κ1) is 21.5. The first-order valence-corrected chi connectivity index (χ1v) is 10.1. The molecule has 0 aliphatic carbocycles. The van der Waals surface area contributed by atoms with Gasteiger partial charge in [0, 0.05) is 25.5 Å². The van der Waals surface area contributed by atoms with Crippen LogP contribution in [-0.4, -0.2) is 33.7 Å². The Labute approximate surface area is 176 Å². The number of guanidine groups is 1. The van der Waals surface area contributed by atoms with E-state index in [0.717, 1.165) is 17.0 Å². The number of nitrogens with one attached hydrogen (secondary N) is 2. The largest absolute Gasteiger partial charge is 0.388 e. The second-order valence-corrected chi connectivity index (χ2v) is 6.97. The molecule has 0 aliphatic heterocycles. The summed E-state index contributed by atoms with van der Waals surface area (Å²) in [6.45, 7) is 5.44. The highest BCUT2D eigenvalue weighted by Gasteiger charge is 2.09. The fourth-order valence-corrected chi connectivity index (χ4v) is 3.16. The van der Waals surface area contributed by atoms with E-state index in [4.69, 9.17) is 0 Å². The fraction of sp³-hybridized carbons (Fsp3) is 0.304. The van der Waals surface area contributed by atoms with Gasteiger partial charge in [-0.1, -0.05) is 36.4 Å². The highest BCUT2D eigenvalue weighted by Crippen LogP contribution is 2.17. The van der Waals surface area contributed by atoms with E-state index in [0.29, 0.717) is 37.7 Å². The molecule has 30 heavy (non-hydrogen) atoms. The number of hydrogen-bond acceptors (Lipinski definition) is 3. The van der Waals surface area contributed by atoms with Gasteiger partial charge in [0.05, 0.1) is 18.3 Å². The lowest BCUT2D eigenvalue weighted by Gasteiger charge is -2.14. The summed E-state index contributed by atoms with van der Waals surface area (Å²) in [6.07, 6.45) is 3.41. The molecule has 3 rings (SSSR count). The molecule has 0 saturated carbocycles. The lowest BCUT2D eigenvalue weighted by atomic mass is 10.1. The number of imidazole rings is 1. The van der Waals surface area contributed by atoms with Gasteiger partial charge in [-0.3, -0.25) is 0 Å². The SMILES string of the molecule is CCNC(=NCc1ccc(-n2ccnc2C)c(F)c1)NCCC(O)c1ccccc1. The maximum absolute atomic E-state index is 14.6. The minimum Gasteiger partial charge on any atom is -0.388 e. The van der Waals surface area contributed by atoms with Crippen LogP contribution >= 0.6 is 0 Å². The highest BCUT2D eigenvalue weighted by molar-refractivity contribution is 5.79. The van der Waals surface area contributed by atoms with Crippen LogP contribution in [0.1, 0.15) is 36.4 Å². The smallest absolute Gasteiger partial charge is 0.191 e. The number of halogens is 1. The number of aliphatic hydroxyl groups excluding tert-OH is 1. The molecule has 1 unspecified atom stereocenters. The van der Waals surface area contributed by atoms with Gasteiger partial charge in [0.25, 0.3) is 0 Å². The standard InChI is InChI=1S/C23H28FN5O/c1-3-25-23(27-12-11-22(30)19-7-5-4-6-8-19)28-16-18-9-10-21(20(24)15-18)29-14-13-26-17(29)2/h4-10,13-15,22,30H,3,11-12,16H2,1-2H3,(H2,25,27,28). The van der Waals surface area contributed by atoms with Crippen LogP contribution in [0.2, 0.25) is 0 Å². The molecule has 0 fully saturated rings. The fourth-order valence-electron chi connectivity index (χ4n) is 3.16. The maximum atomic E-state index is 14.6. The summed E-state index contributed by atoms with van der Waals surface area (Å²) in [5.41, 5.74) is 2.14. The molecular formula is C23H28FN5O. The van der Waals surface area contributed by atoms with Crippen LogP contribution in [0.5, 0.6) is 0 Å². The first-order chi connectivity index (χ1) is 14.6. The summed E-state index contributed by atoms with van der Waals surface area (Å²) >= 11 is 0. The molecule has 1 atom stereocenters. The Morgan fingerprint density at radius 2 is 2.00 bits per heavy atom. The summed E-state index contributed by atoms with van der Waals surface area (Å²) in [5.74, 6) is 1.05. The second kappa shape index (κ2) is 10.5. The molecule has 0 aliphatic rings. The number of aryl methyl sites for hydroxylation is 1. The van der Waals surface area contributed by atoms with Crippen molar-refractivity contribution in [1.29, 1.82) is 0 Å². The summed E-state index contributed by atoms with van der Waals surface area (Å²) < 4.78 is 16.3. The van der Waals surface area contributed by atoms with Gasteiger partial charge in [0.1, 0.15) is 11.6 Å². The zero-order valence-corrected chi connectivity index (χ0v) is 17.3.